The third-order valence-electron chi connectivity index (χ3n) is 5.33. The molecule has 0 bridgehead atoms. The number of halogens is 1. The van der Waals surface area contributed by atoms with E-state index in [2.05, 4.69) is 5.43 Å². The Hall–Kier alpha value is -3.12. The maximum atomic E-state index is 12.9. The first kappa shape index (κ1) is 26.0. The first-order chi connectivity index (χ1) is 17.4. The van der Waals surface area contributed by atoms with Crippen molar-refractivity contribution in [3.05, 3.63) is 63.5 Å². The van der Waals surface area contributed by atoms with Gasteiger partial charge in [0.15, 0.2) is 22.4 Å². The number of hydrazine groups is 1. The van der Waals surface area contributed by atoms with Gasteiger partial charge in [0.2, 0.25) is 0 Å². The normalized spacial score (nSPS) is 16.9. The van der Waals surface area contributed by atoms with Crippen LogP contribution in [0.1, 0.15) is 15.9 Å². The minimum atomic E-state index is -0.548. The second kappa shape index (κ2) is 11.7. The highest BCUT2D eigenvalue weighted by Gasteiger charge is 2.34. The summed E-state index contributed by atoms with van der Waals surface area (Å²) in [5.74, 6) is -0.350. The third-order valence-corrected chi connectivity index (χ3v) is 6.96. The van der Waals surface area contributed by atoms with E-state index in [9.17, 15) is 14.4 Å². The van der Waals surface area contributed by atoms with Crippen molar-refractivity contribution >= 4 is 63.7 Å². The standard InChI is InChI=1S/C24H22ClN3O6S2/c1-32-19-12-15(6-7-18(19)34-14-21(29)27-8-10-33-11-9-27)13-20-23(31)28(24(35)36-20)26-22(30)16-4-2-3-5-17(16)25/h2-7,12-13H,8-11,14H2,1H3,(H,26,30)/b20-13+. The number of nitrogens with zero attached hydrogens (tertiary/aromatic N) is 2. The molecule has 2 saturated heterocycles. The van der Waals surface area contributed by atoms with Crippen molar-refractivity contribution in [2.24, 2.45) is 0 Å². The molecule has 2 aliphatic rings. The molecule has 1 N–H and O–H groups in total. The molecule has 188 valence electrons. The molecular weight excluding hydrogens is 526 g/mol. The summed E-state index contributed by atoms with van der Waals surface area (Å²) < 4.78 is 16.5. The Bertz CT molecular complexity index is 1230. The van der Waals surface area contributed by atoms with Gasteiger partial charge in [-0.1, -0.05) is 41.6 Å². The fourth-order valence-corrected chi connectivity index (χ4v) is 4.86. The van der Waals surface area contributed by atoms with Crippen molar-refractivity contribution in [3.63, 3.8) is 0 Å². The van der Waals surface area contributed by atoms with Crippen LogP contribution in [0, 0.1) is 0 Å². The quantitative estimate of drug-likeness (QED) is 0.417. The number of carbonyl (C=O) groups excluding carboxylic acids is 3. The van der Waals surface area contributed by atoms with E-state index < -0.39 is 11.8 Å². The number of hydrogen-bond acceptors (Lipinski definition) is 8. The van der Waals surface area contributed by atoms with E-state index in [0.717, 1.165) is 16.8 Å². The van der Waals surface area contributed by atoms with Crippen LogP contribution in [0.2, 0.25) is 5.02 Å². The maximum Gasteiger partial charge on any atom is 0.285 e. The lowest BCUT2D eigenvalue weighted by molar-refractivity contribution is -0.137. The average molecular weight is 548 g/mol. The molecule has 9 nitrogen and oxygen atoms in total. The van der Waals surface area contributed by atoms with E-state index in [0.29, 0.717) is 48.3 Å². The molecule has 2 heterocycles. The molecule has 36 heavy (non-hydrogen) atoms. The molecular formula is C24H22ClN3O6S2. The minimum absolute atomic E-state index is 0.126. The number of benzene rings is 2. The average Bonchev–Trinajstić information content (AvgIpc) is 3.15. The number of nitrogens with one attached hydrogen (secondary N) is 1. The fraction of sp³-hybridized carbons (Fsp3) is 0.250. The van der Waals surface area contributed by atoms with Gasteiger partial charge in [0.1, 0.15) is 0 Å². The van der Waals surface area contributed by atoms with Gasteiger partial charge in [0.05, 0.1) is 35.8 Å². The smallest absolute Gasteiger partial charge is 0.285 e. The van der Waals surface area contributed by atoms with Gasteiger partial charge in [0, 0.05) is 13.1 Å². The van der Waals surface area contributed by atoms with Crippen LogP contribution < -0.4 is 14.9 Å². The number of carbonyl (C=O) groups is 3. The summed E-state index contributed by atoms with van der Waals surface area (Å²) in [6, 6.07) is 11.6. The first-order valence-electron chi connectivity index (χ1n) is 10.9. The molecule has 2 aliphatic heterocycles. The summed E-state index contributed by atoms with van der Waals surface area (Å²) in [5, 5.41) is 1.28. The van der Waals surface area contributed by atoms with Gasteiger partial charge in [-0.2, -0.15) is 5.01 Å². The lowest BCUT2D eigenvalue weighted by atomic mass is 10.2. The summed E-state index contributed by atoms with van der Waals surface area (Å²) in [5.41, 5.74) is 3.38. The van der Waals surface area contributed by atoms with Crippen molar-refractivity contribution in [1.29, 1.82) is 0 Å². The summed E-state index contributed by atoms with van der Waals surface area (Å²) in [4.78, 5) is 39.8. The molecule has 0 saturated carbocycles. The number of thiocarbonyl (C=S) groups is 1. The minimum Gasteiger partial charge on any atom is -0.493 e. The van der Waals surface area contributed by atoms with E-state index in [-0.39, 0.29) is 27.4 Å². The summed E-state index contributed by atoms with van der Waals surface area (Å²) in [6.45, 7) is 1.98. The second-order valence-electron chi connectivity index (χ2n) is 7.63. The van der Waals surface area contributed by atoms with Crippen molar-refractivity contribution < 1.29 is 28.6 Å². The van der Waals surface area contributed by atoms with E-state index in [1.54, 1.807) is 53.4 Å². The topological polar surface area (TPSA) is 97.4 Å². The number of hydrogen-bond donors (Lipinski definition) is 1. The Morgan fingerprint density at radius 1 is 1.19 bits per heavy atom. The van der Waals surface area contributed by atoms with E-state index in [4.69, 9.17) is 38.0 Å². The van der Waals surface area contributed by atoms with Crippen LogP contribution in [0.25, 0.3) is 6.08 Å². The Kier molecular flexibility index (Phi) is 8.47. The molecule has 2 fully saturated rings. The van der Waals surface area contributed by atoms with Gasteiger partial charge in [0.25, 0.3) is 17.7 Å². The Morgan fingerprint density at radius 2 is 1.94 bits per heavy atom. The van der Waals surface area contributed by atoms with Gasteiger partial charge in [-0.25, -0.2) is 0 Å². The molecule has 0 aliphatic carbocycles. The maximum absolute atomic E-state index is 12.9. The summed E-state index contributed by atoms with van der Waals surface area (Å²) >= 11 is 12.4. The lowest BCUT2D eigenvalue weighted by Gasteiger charge is -2.26. The zero-order chi connectivity index (χ0) is 25.7. The SMILES string of the molecule is COc1cc(/C=C2/SC(=S)N(NC(=O)c3ccccc3Cl)C2=O)ccc1OCC(=O)N1CCOCC1. The van der Waals surface area contributed by atoms with Crippen molar-refractivity contribution in [2.75, 3.05) is 40.0 Å². The number of amides is 3. The molecule has 12 heteroatoms. The highest BCUT2D eigenvalue weighted by Crippen LogP contribution is 2.34. The highest BCUT2D eigenvalue weighted by molar-refractivity contribution is 8.26. The largest absolute Gasteiger partial charge is 0.493 e. The van der Waals surface area contributed by atoms with Crippen LogP contribution in [-0.4, -0.2) is 72.0 Å². The molecule has 4 rings (SSSR count). The Morgan fingerprint density at radius 3 is 2.67 bits per heavy atom. The Balaban J connectivity index is 1.43. The number of rotatable bonds is 7. The molecule has 0 atom stereocenters. The monoisotopic (exact) mass is 547 g/mol. The van der Waals surface area contributed by atoms with E-state index in [1.165, 1.54) is 7.11 Å². The first-order valence-corrected chi connectivity index (χ1v) is 12.5. The van der Waals surface area contributed by atoms with Gasteiger partial charge in [-0.05, 0) is 48.1 Å². The molecule has 2 aromatic rings. The van der Waals surface area contributed by atoms with Gasteiger partial charge in [-0.15, -0.1) is 0 Å². The van der Waals surface area contributed by atoms with Crippen LogP contribution in [0.4, 0.5) is 0 Å². The molecule has 2 aromatic carbocycles. The summed E-state index contributed by atoms with van der Waals surface area (Å²) in [6.07, 6.45) is 1.63. The predicted octanol–water partition coefficient (Wildman–Crippen LogP) is 3.13. The van der Waals surface area contributed by atoms with Crippen molar-refractivity contribution in [1.82, 2.24) is 15.3 Å². The Labute approximate surface area is 222 Å². The van der Waals surface area contributed by atoms with Gasteiger partial charge in [-0.3, -0.25) is 19.8 Å². The van der Waals surface area contributed by atoms with Crippen LogP contribution in [0.15, 0.2) is 47.4 Å². The number of methoxy groups -OCH3 is 1. The van der Waals surface area contributed by atoms with Crippen LogP contribution in [0.5, 0.6) is 11.5 Å². The van der Waals surface area contributed by atoms with E-state index in [1.807, 2.05) is 0 Å². The summed E-state index contributed by atoms with van der Waals surface area (Å²) in [7, 11) is 1.49. The second-order valence-corrected chi connectivity index (χ2v) is 9.71. The van der Waals surface area contributed by atoms with Gasteiger partial charge >= 0.3 is 0 Å². The predicted molar refractivity (Wildman–Crippen MR) is 140 cm³/mol. The van der Waals surface area contributed by atoms with Crippen LogP contribution >= 0.6 is 35.6 Å². The van der Waals surface area contributed by atoms with Crippen molar-refractivity contribution in [2.45, 2.75) is 0 Å². The molecule has 3 amide bonds. The fourth-order valence-electron chi connectivity index (χ4n) is 3.46. The van der Waals surface area contributed by atoms with Crippen molar-refractivity contribution in [3.8, 4) is 11.5 Å². The van der Waals surface area contributed by atoms with Crippen LogP contribution in [-0.2, 0) is 14.3 Å². The number of ether oxygens (including phenoxy) is 3. The molecule has 0 aromatic heterocycles. The zero-order valence-electron chi connectivity index (χ0n) is 19.2. The molecule has 0 unspecified atom stereocenters. The number of morpholine rings is 1. The van der Waals surface area contributed by atoms with Gasteiger partial charge < -0.3 is 19.1 Å². The number of thioether (sulfide) groups is 1. The third kappa shape index (κ3) is 5.98. The van der Waals surface area contributed by atoms with E-state index >= 15 is 0 Å². The molecule has 0 radical (unpaired) electrons. The highest BCUT2D eigenvalue weighted by atomic mass is 35.5. The lowest BCUT2D eigenvalue weighted by Crippen LogP contribution is -2.44. The zero-order valence-corrected chi connectivity index (χ0v) is 21.6. The molecule has 0 spiro atoms. The van der Waals surface area contributed by atoms with Crippen LogP contribution in [0.3, 0.4) is 0 Å².